The molecule has 0 amide bonds. The zero-order valence-electron chi connectivity index (χ0n) is 9.49. The highest BCUT2D eigenvalue weighted by Crippen LogP contribution is 2.15. The van der Waals surface area contributed by atoms with E-state index in [9.17, 15) is 8.78 Å². The van der Waals surface area contributed by atoms with Gasteiger partial charge < -0.3 is 5.73 Å². The van der Waals surface area contributed by atoms with Crippen molar-refractivity contribution in [3.63, 3.8) is 0 Å². The van der Waals surface area contributed by atoms with E-state index in [1.165, 1.54) is 12.1 Å². The van der Waals surface area contributed by atoms with Crippen LogP contribution in [0.3, 0.4) is 0 Å². The van der Waals surface area contributed by atoms with E-state index in [2.05, 4.69) is 0 Å². The standard InChI is InChI=1S/C7H7F2N.2C2H6/c1-4-2-5(8)7(10)6(9)3-4;2*1-2/h2-3H,10H2,1H3;2*1-2H3. The first-order valence-corrected chi connectivity index (χ1v) is 4.82. The molecule has 1 aromatic carbocycles. The monoisotopic (exact) mass is 203 g/mol. The number of benzene rings is 1. The number of anilines is 1. The molecule has 0 bridgehead atoms. The van der Waals surface area contributed by atoms with Crippen LogP contribution in [0.2, 0.25) is 0 Å². The third kappa shape index (κ3) is 4.80. The zero-order chi connectivity index (χ0) is 11.7. The topological polar surface area (TPSA) is 26.0 Å². The van der Waals surface area contributed by atoms with Gasteiger partial charge >= 0.3 is 0 Å². The molecule has 0 radical (unpaired) electrons. The Kier molecular flexibility index (Phi) is 9.30. The average Bonchev–Trinajstić information content (AvgIpc) is 2.20. The van der Waals surface area contributed by atoms with Crippen LogP contribution in [0.5, 0.6) is 0 Å². The van der Waals surface area contributed by atoms with Crippen molar-refractivity contribution in [3.8, 4) is 0 Å². The van der Waals surface area contributed by atoms with Crippen molar-refractivity contribution in [2.75, 3.05) is 5.73 Å². The molecule has 0 unspecified atom stereocenters. The molecule has 0 atom stereocenters. The lowest BCUT2D eigenvalue weighted by atomic mass is 10.2. The molecule has 0 aliphatic carbocycles. The summed E-state index contributed by atoms with van der Waals surface area (Å²) in [6, 6.07) is 2.39. The van der Waals surface area contributed by atoms with Crippen LogP contribution in [-0.4, -0.2) is 0 Å². The quantitative estimate of drug-likeness (QED) is 0.636. The van der Waals surface area contributed by atoms with Gasteiger partial charge in [-0.05, 0) is 24.6 Å². The average molecular weight is 203 g/mol. The predicted molar refractivity (Wildman–Crippen MR) is 58.2 cm³/mol. The van der Waals surface area contributed by atoms with Gasteiger partial charge in [-0.3, -0.25) is 0 Å². The van der Waals surface area contributed by atoms with Crippen LogP contribution in [0.15, 0.2) is 12.1 Å². The summed E-state index contributed by atoms with van der Waals surface area (Å²) in [6.07, 6.45) is 0. The van der Waals surface area contributed by atoms with Crippen LogP contribution >= 0.6 is 0 Å². The Morgan fingerprint density at radius 2 is 1.21 bits per heavy atom. The first-order valence-electron chi connectivity index (χ1n) is 4.82. The normalized spacial score (nSPS) is 7.93. The van der Waals surface area contributed by atoms with Gasteiger partial charge in [0.2, 0.25) is 0 Å². The van der Waals surface area contributed by atoms with Gasteiger partial charge in [-0.25, -0.2) is 8.78 Å². The van der Waals surface area contributed by atoms with Crippen molar-refractivity contribution in [3.05, 3.63) is 29.3 Å². The summed E-state index contributed by atoms with van der Waals surface area (Å²) in [6.45, 7) is 9.60. The van der Waals surface area contributed by atoms with Crippen LogP contribution < -0.4 is 5.73 Å². The number of nitrogens with two attached hydrogens (primary N) is 1. The molecule has 0 aromatic heterocycles. The predicted octanol–water partition coefficient (Wildman–Crippen LogP) is 3.91. The van der Waals surface area contributed by atoms with E-state index in [1.54, 1.807) is 6.92 Å². The van der Waals surface area contributed by atoms with Gasteiger partial charge in [-0.15, -0.1) is 0 Å². The fraction of sp³-hybridized carbons (Fsp3) is 0.455. The molecule has 82 valence electrons. The highest BCUT2D eigenvalue weighted by Gasteiger charge is 2.03. The number of aryl methyl sites for hydroxylation is 1. The van der Waals surface area contributed by atoms with Crippen LogP contribution in [-0.2, 0) is 0 Å². The number of hydrogen-bond acceptors (Lipinski definition) is 1. The van der Waals surface area contributed by atoms with Crippen molar-refractivity contribution in [2.45, 2.75) is 34.6 Å². The Bertz CT molecular complexity index is 236. The number of rotatable bonds is 0. The molecule has 0 aliphatic rings. The summed E-state index contributed by atoms with van der Waals surface area (Å²) in [4.78, 5) is 0. The summed E-state index contributed by atoms with van der Waals surface area (Å²) in [5, 5.41) is 0. The van der Waals surface area contributed by atoms with Gasteiger partial charge in [0, 0.05) is 0 Å². The lowest BCUT2D eigenvalue weighted by Crippen LogP contribution is -1.95. The molecule has 0 spiro atoms. The van der Waals surface area contributed by atoms with Gasteiger partial charge in [-0.2, -0.15) is 0 Å². The van der Waals surface area contributed by atoms with Crippen LogP contribution in [0.25, 0.3) is 0 Å². The van der Waals surface area contributed by atoms with E-state index in [1.807, 2.05) is 27.7 Å². The number of hydrogen-bond donors (Lipinski definition) is 1. The van der Waals surface area contributed by atoms with E-state index in [4.69, 9.17) is 5.73 Å². The fourth-order valence-corrected chi connectivity index (χ4v) is 0.711. The van der Waals surface area contributed by atoms with Crippen molar-refractivity contribution in [1.82, 2.24) is 0 Å². The fourth-order valence-electron chi connectivity index (χ4n) is 0.711. The van der Waals surface area contributed by atoms with Crippen molar-refractivity contribution >= 4 is 5.69 Å². The van der Waals surface area contributed by atoms with Gasteiger partial charge in [0.15, 0.2) is 0 Å². The van der Waals surface area contributed by atoms with Gasteiger partial charge in [0.05, 0.1) is 0 Å². The molecule has 0 aliphatic heterocycles. The van der Waals surface area contributed by atoms with Crippen LogP contribution in [0.1, 0.15) is 33.3 Å². The van der Waals surface area contributed by atoms with Crippen molar-refractivity contribution in [1.29, 1.82) is 0 Å². The Balaban J connectivity index is 0. The minimum absolute atomic E-state index is 0.411. The molecular formula is C11H19F2N. The van der Waals surface area contributed by atoms with E-state index in [0.717, 1.165) is 0 Å². The van der Waals surface area contributed by atoms with E-state index in [0.29, 0.717) is 5.56 Å². The minimum Gasteiger partial charge on any atom is -0.394 e. The molecule has 0 saturated heterocycles. The SMILES string of the molecule is CC.CC.Cc1cc(F)c(N)c(F)c1. The minimum atomic E-state index is -0.697. The molecule has 1 rings (SSSR count). The van der Waals surface area contributed by atoms with Gasteiger partial charge in [0.25, 0.3) is 0 Å². The van der Waals surface area contributed by atoms with E-state index < -0.39 is 17.3 Å². The molecule has 2 N–H and O–H groups in total. The highest BCUT2D eigenvalue weighted by molar-refractivity contribution is 5.42. The Morgan fingerprint density at radius 3 is 1.50 bits per heavy atom. The maximum atomic E-state index is 12.5. The summed E-state index contributed by atoms with van der Waals surface area (Å²) in [7, 11) is 0. The molecule has 14 heavy (non-hydrogen) atoms. The van der Waals surface area contributed by atoms with E-state index >= 15 is 0 Å². The summed E-state index contributed by atoms with van der Waals surface area (Å²) < 4.78 is 25.0. The van der Waals surface area contributed by atoms with Crippen molar-refractivity contribution in [2.24, 2.45) is 0 Å². The first kappa shape index (κ1) is 15.4. The molecule has 0 fully saturated rings. The molecule has 1 aromatic rings. The maximum Gasteiger partial charge on any atom is 0.149 e. The third-order valence-electron chi connectivity index (χ3n) is 1.22. The lowest BCUT2D eigenvalue weighted by Gasteiger charge is -1.98. The molecule has 3 heteroatoms. The Morgan fingerprint density at radius 1 is 0.929 bits per heavy atom. The van der Waals surface area contributed by atoms with Crippen molar-refractivity contribution < 1.29 is 8.78 Å². The number of halogens is 2. The smallest absolute Gasteiger partial charge is 0.149 e. The largest absolute Gasteiger partial charge is 0.394 e. The molecule has 0 saturated carbocycles. The zero-order valence-corrected chi connectivity index (χ0v) is 9.49. The summed E-state index contributed by atoms with van der Waals surface area (Å²) >= 11 is 0. The second-order valence-corrected chi connectivity index (χ2v) is 2.14. The number of nitrogen functional groups attached to an aromatic ring is 1. The molecule has 0 heterocycles. The summed E-state index contributed by atoms with van der Waals surface area (Å²) in [5.74, 6) is -1.39. The van der Waals surface area contributed by atoms with Crippen LogP contribution in [0, 0.1) is 18.6 Å². The first-order chi connectivity index (χ1) is 6.61. The Labute approximate surface area is 84.9 Å². The van der Waals surface area contributed by atoms with E-state index in [-0.39, 0.29) is 0 Å². The van der Waals surface area contributed by atoms with Gasteiger partial charge in [-0.1, -0.05) is 27.7 Å². The Hall–Kier alpha value is -1.12. The van der Waals surface area contributed by atoms with Crippen LogP contribution in [0.4, 0.5) is 14.5 Å². The third-order valence-corrected chi connectivity index (χ3v) is 1.22. The molecular weight excluding hydrogens is 184 g/mol. The molecule has 1 nitrogen and oxygen atoms in total. The lowest BCUT2D eigenvalue weighted by molar-refractivity contribution is 0.590. The second-order valence-electron chi connectivity index (χ2n) is 2.14. The second kappa shape index (κ2) is 8.48. The summed E-state index contributed by atoms with van der Waals surface area (Å²) in [5.41, 5.74) is 5.12. The van der Waals surface area contributed by atoms with Gasteiger partial charge in [0.1, 0.15) is 17.3 Å². The highest BCUT2D eigenvalue weighted by atomic mass is 19.1. The maximum absolute atomic E-state index is 12.5.